The smallest absolute Gasteiger partial charge is 0.308 e. The van der Waals surface area contributed by atoms with Gasteiger partial charge in [-0.1, -0.05) is 0 Å². The van der Waals surface area contributed by atoms with E-state index in [0.717, 1.165) is 0 Å². The maximum absolute atomic E-state index is 10.4. The van der Waals surface area contributed by atoms with E-state index in [9.17, 15) is 4.79 Å². The SMILES string of the molecule is N[C@H]1COCC[C@H]1C(=O)O. The van der Waals surface area contributed by atoms with Crippen molar-refractivity contribution in [3.05, 3.63) is 0 Å². The van der Waals surface area contributed by atoms with Crippen LogP contribution in [0.4, 0.5) is 0 Å². The molecule has 0 saturated carbocycles. The number of ether oxygens (including phenoxy) is 1. The van der Waals surface area contributed by atoms with E-state index < -0.39 is 11.9 Å². The van der Waals surface area contributed by atoms with Crippen LogP contribution in [0.2, 0.25) is 0 Å². The lowest BCUT2D eigenvalue weighted by atomic mass is 9.96. The Morgan fingerprint density at radius 2 is 2.40 bits per heavy atom. The molecule has 0 radical (unpaired) electrons. The number of hydrogen-bond donors (Lipinski definition) is 2. The van der Waals surface area contributed by atoms with Crippen molar-refractivity contribution in [1.82, 2.24) is 0 Å². The Morgan fingerprint density at radius 1 is 1.70 bits per heavy atom. The Hall–Kier alpha value is -0.610. The second-order valence-electron chi connectivity index (χ2n) is 2.47. The van der Waals surface area contributed by atoms with Gasteiger partial charge in [0, 0.05) is 12.6 Å². The summed E-state index contributed by atoms with van der Waals surface area (Å²) in [5.41, 5.74) is 5.47. The summed E-state index contributed by atoms with van der Waals surface area (Å²) in [6, 6.07) is -0.328. The van der Waals surface area contributed by atoms with Crippen molar-refractivity contribution in [2.75, 3.05) is 13.2 Å². The molecule has 2 atom stereocenters. The first-order valence-corrected chi connectivity index (χ1v) is 3.28. The van der Waals surface area contributed by atoms with Gasteiger partial charge in [-0.2, -0.15) is 0 Å². The van der Waals surface area contributed by atoms with Crippen molar-refractivity contribution in [3.8, 4) is 0 Å². The number of carboxylic acids is 1. The summed E-state index contributed by atoms with van der Waals surface area (Å²) in [6.45, 7) is 0.891. The molecule has 1 saturated heterocycles. The molecule has 4 heteroatoms. The second kappa shape index (κ2) is 2.98. The molecule has 1 aliphatic heterocycles. The van der Waals surface area contributed by atoms with Gasteiger partial charge in [-0.25, -0.2) is 0 Å². The molecule has 1 heterocycles. The molecular formula is C6H11NO3. The van der Waals surface area contributed by atoms with Crippen LogP contribution in [-0.2, 0) is 9.53 Å². The van der Waals surface area contributed by atoms with Crippen LogP contribution in [0.1, 0.15) is 6.42 Å². The van der Waals surface area contributed by atoms with E-state index >= 15 is 0 Å². The van der Waals surface area contributed by atoms with Gasteiger partial charge in [-0.3, -0.25) is 4.79 Å². The molecule has 4 nitrogen and oxygen atoms in total. The maximum Gasteiger partial charge on any atom is 0.308 e. The van der Waals surface area contributed by atoms with Crippen LogP contribution < -0.4 is 5.73 Å². The maximum atomic E-state index is 10.4. The van der Waals surface area contributed by atoms with Gasteiger partial charge in [0.25, 0.3) is 0 Å². The topological polar surface area (TPSA) is 72.5 Å². The van der Waals surface area contributed by atoms with E-state index in [1.807, 2.05) is 0 Å². The molecule has 0 spiro atoms. The van der Waals surface area contributed by atoms with Gasteiger partial charge in [-0.15, -0.1) is 0 Å². The summed E-state index contributed by atoms with van der Waals surface area (Å²) in [5, 5.41) is 8.57. The molecular weight excluding hydrogens is 134 g/mol. The summed E-state index contributed by atoms with van der Waals surface area (Å²) < 4.78 is 4.97. The summed E-state index contributed by atoms with van der Waals surface area (Å²) in [5.74, 6) is -1.22. The molecule has 1 fully saturated rings. The van der Waals surface area contributed by atoms with E-state index in [1.54, 1.807) is 0 Å². The number of nitrogens with two attached hydrogens (primary N) is 1. The third kappa shape index (κ3) is 1.46. The lowest BCUT2D eigenvalue weighted by Crippen LogP contribution is -2.43. The molecule has 10 heavy (non-hydrogen) atoms. The normalized spacial score (nSPS) is 33.7. The fraction of sp³-hybridized carbons (Fsp3) is 0.833. The molecule has 0 unspecified atom stereocenters. The minimum Gasteiger partial charge on any atom is -0.481 e. The zero-order valence-electron chi connectivity index (χ0n) is 5.62. The molecule has 1 aliphatic rings. The van der Waals surface area contributed by atoms with Crippen LogP contribution in [0.5, 0.6) is 0 Å². The van der Waals surface area contributed by atoms with Gasteiger partial charge in [0.1, 0.15) is 0 Å². The highest BCUT2D eigenvalue weighted by Gasteiger charge is 2.28. The lowest BCUT2D eigenvalue weighted by Gasteiger charge is -2.24. The van der Waals surface area contributed by atoms with E-state index in [4.69, 9.17) is 15.6 Å². The largest absolute Gasteiger partial charge is 0.481 e. The fourth-order valence-corrected chi connectivity index (χ4v) is 1.07. The average Bonchev–Trinajstić information content (AvgIpc) is 1.88. The number of aliphatic carboxylic acids is 1. The Morgan fingerprint density at radius 3 is 2.80 bits per heavy atom. The second-order valence-corrected chi connectivity index (χ2v) is 2.47. The van der Waals surface area contributed by atoms with Crippen LogP contribution in [0.15, 0.2) is 0 Å². The van der Waals surface area contributed by atoms with Crippen LogP contribution in [0.25, 0.3) is 0 Å². The molecule has 0 aromatic heterocycles. The van der Waals surface area contributed by atoms with Crippen molar-refractivity contribution >= 4 is 5.97 Å². The monoisotopic (exact) mass is 145 g/mol. The third-order valence-electron chi connectivity index (χ3n) is 1.72. The number of rotatable bonds is 1. The van der Waals surface area contributed by atoms with Crippen molar-refractivity contribution in [2.45, 2.75) is 12.5 Å². The summed E-state index contributed by atoms with van der Waals surface area (Å²) in [6.07, 6.45) is 0.538. The highest BCUT2D eigenvalue weighted by molar-refractivity contribution is 5.71. The summed E-state index contributed by atoms with van der Waals surface area (Å²) in [7, 11) is 0. The van der Waals surface area contributed by atoms with Crippen LogP contribution >= 0.6 is 0 Å². The van der Waals surface area contributed by atoms with E-state index in [1.165, 1.54) is 0 Å². The summed E-state index contributed by atoms with van der Waals surface area (Å²) >= 11 is 0. The average molecular weight is 145 g/mol. The van der Waals surface area contributed by atoms with Gasteiger partial charge in [-0.05, 0) is 6.42 Å². The molecule has 58 valence electrons. The first kappa shape index (κ1) is 7.50. The molecule has 0 aliphatic carbocycles. The van der Waals surface area contributed by atoms with Gasteiger partial charge in [0.2, 0.25) is 0 Å². The van der Waals surface area contributed by atoms with Gasteiger partial charge >= 0.3 is 5.97 Å². The predicted molar refractivity (Wildman–Crippen MR) is 34.5 cm³/mol. The fourth-order valence-electron chi connectivity index (χ4n) is 1.07. The van der Waals surface area contributed by atoms with Gasteiger partial charge in [0.15, 0.2) is 0 Å². The quantitative estimate of drug-likeness (QED) is 0.518. The third-order valence-corrected chi connectivity index (χ3v) is 1.72. The Balaban J connectivity index is 2.47. The van der Waals surface area contributed by atoms with E-state index in [0.29, 0.717) is 19.6 Å². The first-order chi connectivity index (χ1) is 4.72. The van der Waals surface area contributed by atoms with E-state index in [-0.39, 0.29) is 6.04 Å². The predicted octanol–water partition coefficient (Wildman–Crippen LogP) is -0.565. The first-order valence-electron chi connectivity index (χ1n) is 3.28. The van der Waals surface area contributed by atoms with Crippen molar-refractivity contribution in [1.29, 1.82) is 0 Å². The summed E-state index contributed by atoms with van der Waals surface area (Å²) in [4.78, 5) is 10.4. The molecule has 0 bridgehead atoms. The number of carboxylic acid groups (broad SMARTS) is 1. The van der Waals surface area contributed by atoms with Crippen LogP contribution in [0, 0.1) is 5.92 Å². The molecule has 0 aromatic rings. The number of carbonyl (C=O) groups is 1. The van der Waals surface area contributed by atoms with Crippen molar-refractivity contribution in [2.24, 2.45) is 11.7 Å². The van der Waals surface area contributed by atoms with Crippen molar-refractivity contribution < 1.29 is 14.6 Å². The highest BCUT2D eigenvalue weighted by atomic mass is 16.5. The van der Waals surface area contributed by atoms with E-state index in [2.05, 4.69) is 0 Å². The van der Waals surface area contributed by atoms with Crippen LogP contribution in [0.3, 0.4) is 0 Å². The Kier molecular flexibility index (Phi) is 2.24. The molecule has 1 rings (SSSR count). The minimum absolute atomic E-state index is 0.328. The van der Waals surface area contributed by atoms with Gasteiger partial charge in [0.05, 0.1) is 12.5 Å². The lowest BCUT2D eigenvalue weighted by molar-refractivity contribution is -0.145. The van der Waals surface area contributed by atoms with Gasteiger partial charge < -0.3 is 15.6 Å². The highest BCUT2D eigenvalue weighted by Crippen LogP contribution is 2.13. The van der Waals surface area contributed by atoms with Crippen molar-refractivity contribution in [3.63, 3.8) is 0 Å². The van der Waals surface area contributed by atoms with Crippen LogP contribution in [-0.4, -0.2) is 30.3 Å². The Bertz CT molecular complexity index is 137. The number of hydrogen-bond acceptors (Lipinski definition) is 3. The molecule has 0 aromatic carbocycles. The Labute approximate surface area is 59.0 Å². The zero-order chi connectivity index (χ0) is 7.56. The molecule has 3 N–H and O–H groups in total. The minimum atomic E-state index is -0.809. The molecule has 0 amide bonds. The zero-order valence-corrected chi connectivity index (χ0v) is 5.62. The standard InChI is InChI=1S/C6H11NO3/c7-5-3-10-2-1-4(5)6(8)9/h4-5H,1-3,7H2,(H,8,9)/t4-,5+/m1/s1.